The van der Waals surface area contributed by atoms with E-state index in [1.54, 1.807) is 13.2 Å². The van der Waals surface area contributed by atoms with E-state index in [4.69, 9.17) is 14.6 Å². The average Bonchev–Trinajstić information content (AvgIpc) is 2.89. The predicted molar refractivity (Wildman–Crippen MR) is 152 cm³/mol. The van der Waals surface area contributed by atoms with Crippen molar-refractivity contribution in [1.82, 2.24) is 15.3 Å². The third-order valence-electron chi connectivity index (χ3n) is 8.10. The molecule has 0 radical (unpaired) electrons. The van der Waals surface area contributed by atoms with Gasteiger partial charge in [0.2, 0.25) is 5.82 Å². The maximum Gasteiger partial charge on any atom is 0.289 e. The quantitative estimate of drug-likeness (QED) is 0.526. The van der Waals surface area contributed by atoms with E-state index in [1.807, 2.05) is 19.1 Å². The summed E-state index contributed by atoms with van der Waals surface area (Å²) >= 11 is 0. The van der Waals surface area contributed by atoms with Crippen LogP contribution in [0, 0.1) is 17.8 Å². The van der Waals surface area contributed by atoms with Crippen LogP contribution in [0.5, 0.6) is 5.75 Å². The molecule has 0 saturated heterocycles. The lowest BCUT2D eigenvalue weighted by Crippen LogP contribution is -2.38. The number of nitrogens with one attached hydrogen (secondary N) is 1. The van der Waals surface area contributed by atoms with Crippen molar-refractivity contribution in [3.8, 4) is 17.0 Å². The fourth-order valence-electron chi connectivity index (χ4n) is 6.35. The Kier molecular flexibility index (Phi) is 7.36. The number of hydrogen-bond acceptors (Lipinski definition) is 8. The molecule has 216 valence electrons. The van der Waals surface area contributed by atoms with Gasteiger partial charge in [-0.1, -0.05) is 27.7 Å². The second-order valence-electron chi connectivity index (χ2n) is 12.7. The summed E-state index contributed by atoms with van der Waals surface area (Å²) in [5.41, 5.74) is 3.27. The Morgan fingerprint density at radius 2 is 1.63 bits per heavy atom. The number of carbonyl (C=O) groups excluding carboxylic acids is 3. The third-order valence-corrected chi connectivity index (χ3v) is 8.10. The van der Waals surface area contributed by atoms with Gasteiger partial charge in [-0.15, -0.1) is 0 Å². The van der Waals surface area contributed by atoms with Gasteiger partial charge in [0.15, 0.2) is 11.6 Å². The molecule has 0 fully saturated rings. The number of rotatable bonds is 6. The van der Waals surface area contributed by atoms with E-state index in [-0.39, 0.29) is 41.4 Å². The Balaban J connectivity index is 1.72. The first-order valence-electron chi connectivity index (χ1n) is 14.0. The molecule has 5 rings (SSSR count). The standard InChI is InChI=1S/C32H37N3O6/c1-17-18(19-9-10-33-29(35-19)30(39)34-11-12-36)7-8-22(40-6)25(17)28-26-20(37)13-31(2,3)15-23(26)41-24-16-32(4,5)14-21(38)27(24)28/h7-10,28,36H,11-16H2,1-6H3,(H,34,39). The van der Waals surface area contributed by atoms with E-state index in [9.17, 15) is 14.4 Å². The first kappa shape index (κ1) is 28.7. The first-order valence-corrected chi connectivity index (χ1v) is 14.0. The lowest BCUT2D eigenvalue weighted by atomic mass is 9.65. The van der Waals surface area contributed by atoms with Crippen LogP contribution < -0.4 is 10.1 Å². The maximum atomic E-state index is 13.8. The molecule has 3 aliphatic rings. The zero-order valence-electron chi connectivity index (χ0n) is 24.5. The molecule has 0 saturated carbocycles. The number of Topliss-reactive ketones (excluding diaryl/α,β-unsaturated/α-hetero) is 2. The SMILES string of the molecule is COc1ccc(-c2ccnc(C(=O)NCCO)n2)c(C)c1C1C2=C(CC(C)(C)CC2=O)OC2=C1C(=O)CC(C)(C)C2. The van der Waals surface area contributed by atoms with Gasteiger partial charge >= 0.3 is 0 Å². The Bertz CT molecular complexity index is 1470. The number of ketones is 2. The zero-order chi connectivity index (χ0) is 29.7. The number of methoxy groups -OCH3 is 1. The second-order valence-corrected chi connectivity index (χ2v) is 12.7. The molecule has 9 nitrogen and oxygen atoms in total. The van der Waals surface area contributed by atoms with Gasteiger partial charge in [0.25, 0.3) is 5.91 Å². The van der Waals surface area contributed by atoms with Gasteiger partial charge in [-0.25, -0.2) is 9.97 Å². The lowest BCUT2D eigenvalue weighted by molar-refractivity contribution is -0.120. The molecule has 2 heterocycles. The van der Waals surface area contributed by atoms with Crippen molar-refractivity contribution in [1.29, 1.82) is 0 Å². The summed E-state index contributed by atoms with van der Waals surface area (Å²) < 4.78 is 12.3. The summed E-state index contributed by atoms with van der Waals surface area (Å²) in [7, 11) is 1.58. The van der Waals surface area contributed by atoms with Gasteiger partial charge in [0.05, 0.1) is 25.3 Å². The molecule has 9 heteroatoms. The number of ether oxygens (including phenoxy) is 2. The highest BCUT2D eigenvalue weighted by atomic mass is 16.5. The van der Waals surface area contributed by atoms with Gasteiger partial charge in [0.1, 0.15) is 17.3 Å². The van der Waals surface area contributed by atoms with Gasteiger partial charge in [0, 0.05) is 60.7 Å². The number of benzene rings is 1. The molecule has 2 N–H and O–H groups in total. The molecule has 0 unspecified atom stereocenters. The minimum atomic E-state index is -0.634. The number of aliphatic hydroxyl groups excluding tert-OH is 1. The summed E-state index contributed by atoms with van der Waals surface area (Å²) in [6.45, 7) is 10.0. The molecule has 0 bridgehead atoms. The molecule has 2 aliphatic carbocycles. The Morgan fingerprint density at radius 3 is 2.20 bits per heavy atom. The second kappa shape index (κ2) is 10.5. The Labute approximate surface area is 240 Å². The number of nitrogens with zero attached hydrogens (tertiary/aromatic N) is 2. The van der Waals surface area contributed by atoms with Crippen molar-refractivity contribution in [3.05, 3.63) is 64.0 Å². The highest BCUT2D eigenvalue weighted by Gasteiger charge is 2.49. The fourth-order valence-corrected chi connectivity index (χ4v) is 6.35. The third kappa shape index (κ3) is 5.30. The van der Waals surface area contributed by atoms with Crippen LogP contribution in [0.25, 0.3) is 11.3 Å². The van der Waals surface area contributed by atoms with Crippen molar-refractivity contribution >= 4 is 17.5 Å². The van der Waals surface area contributed by atoms with Gasteiger partial charge in [-0.3, -0.25) is 14.4 Å². The van der Waals surface area contributed by atoms with Crippen molar-refractivity contribution in [3.63, 3.8) is 0 Å². The molecular formula is C32H37N3O6. The highest BCUT2D eigenvalue weighted by molar-refractivity contribution is 6.06. The first-order chi connectivity index (χ1) is 19.4. The molecule has 2 aromatic rings. The maximum absolute atomic E-state index is 13.8. The van der Waals surface area contributed by atoms with Crippen LogP contribution in [-0.2, 0) is 14.3 Å². The number of aromatic nitrogens is 2. The van der Waals surface area contributed by atoms with Crippen LogP contribution in [0.2, 0.25) is 0 Å². The number of amides is 1. The van der Waals surface area contributed by atoms with E-state index < -0.39 is 11.8 Å². The fraction of sp³-hybridized carbons (Fsp3) is 0.469. The van der Waals surface area contributed by atoms with E-state index >= 15 is 0 Å². The number of aliphatic hydroxyl groups is 1. The van der Waals surface area contributed by atoms with Crippen LogP contribution in [0.15, 0.2) is 47.1 Å². The van der Waals surface area contributed by atoms with Crippen LogP contribution in [0.3, 0.4) is 0 Å². The number of hydrogen-bond donors (Lipinski definition) is 2. The average molecular weight is 560 g/mol. The van der Waals surface area contributed by atoms with E-state index in [1.165, 1.54) is 6.20 Å². The highest BCUT2D eigenvalue weighted by Crippen LogP contribution is 2.55. The summed E-state index contributed by atoms with van der Waals surface area (Å²) in [5.74, 6) is 0.626. The van der Waals surface area contributed by atoms with Crippen LogP contribution in [0.4, 0.5) is 0 Å². The minimum absolute atomic E-state index is 0.0249. The van der Waals surface area contributed by atoms with Crippen molar-refractivity contribution in [2.45, 2.75) is 66.2 Å². The van der Waals surface area contributed by atoms with Crippen molar-refractivity contribution < 1.29 is 29.0 Å². The van der Waals surface area contributed by atoms with Crippen LogP contribution in [-0.4, -0.2) is 52.8 Å². The van der Waals surface area contributed by atoms with Gasteiger partial charge in [-0.2, -0.15) is 0 Å². The number of allylic oxidation sites excluding steroid dienone is 4. The summed E-state index contributed by atoms with van der Waals surface area (Å²) in [5, 5.41) is 11.6. The van der Waals surface area contributed by atoms with Gasteiger partial charge < -0.3 is 19.9 Å². The minimum Gasteiger partial charge on any atom is -0.496 e. The van der Waals surface area contributed by atoms with Crippen LogP contribution in [0.1, 0.15) is 81.0 Å². The predicted octanol–water partition coefficient (Wildman–Crippen LogP) is 4.58. The smallest absolute Gasteiger partial charge is 0.289 e. The molecule has 1 aromatic carbocycles. The molecule has 1 aliphatic heterocycles. The summed E-state index contributed by atoms with van der Waals surface area (Å²) in [6.07, 6.45) is 3.40. The molecule has 1 amide bonds. The molecular weight excluding hydrogens is 522 g/mol. The summed E-state index contributed by atoms with van der Waals surface area (Å²) in [6, 6.07) is 5.38. The normalized spacial score (nSPS) is 19.9. The molecule has 41 heavy (non-hydrogen) atoms. The van der Waals surface area contributed by atoms with E-state index in [0.29, 0.717) is 59.8 Å². The lowest BCUT2D eigenvalue weighted by Gasteiger charge is -2.43. The van der Waals surface area contributed by atoms with E-state index in [2.05, 4.69) is 43.0 Å². The van der Waals surface area contributed by atoms with Crippen molar-refractivity contribution in [2.24, 2.45) is 10.8 Å². The summed E-state index contributed by atoms with van der Waals surface area (Å²) in [4.78, 5) is 48.7. The zero-order valence-corrected chi connectivity index (χ0v) is 24.5. The number of carbonyl (C=O) groups is 3. The largest absolute Gasteiger partial charge is 0.496 e. The molecule has 0 atom stereocenters. The topological polar surface area (TPSA) is 128 Å². The molecule has 1 aromatic heterocycles. The Hall–Kier alpha value is -3.85. The monoisotopic (exact) mass is 559 g/mol. The van der Waals surface area contributed by atoms with E-state index in [0.717, 1.165) is 16.7 Å². The van der Waals surface area contributed by atoms with Crippen LogP contribution >= 0.6 is 0 Å². The molecule has 0 spiro atoms. The van der Waals surface area contributed by atoms with Crippen molar-refractivity contribution in [2.75, 3.05) is 20.3 Å². The Morgan fingerprint density at radius 1 is 1.02 bits per heavy atom. The van der Waals surface area contributed by atoms with Gasteiger partial charge in [-0.05, 0) is 41.5 Å².